The second-order valence-corrected chi connectivity index (χ2v) is 5.14. The highest BCUT2D eigenvalue weighted by atomic mass is 79.9. The number of rotatable bonds is 3. The Kier molecular flexibility index (Phi) is 3.73. The van der Waals surface area contributed by atoms with E-state index in [9.17, 15) is 0 Å². The maximum atomic E-state index is 5.56. The van der Waals surface area contributed by atoms with Crippen molar-refractivity contribution in [3.63, 3.8) is 0 Å². The van der Waals surface area contributed by atoms with Crippen LogP contribution in [0.25, 0.3) is 0 Å². The molecule has 1 N–H and O–H groups in total. The summed E-state index contributed by atoms with van der Waals surface area (Å²) in [5.74, 6) is 3.07. The van der Waals surface area contributed by atoms with Crippen LogP contribution in [0.5, 0.6) is 11.5 Å². The first-order valence-corrected chi connectivity index (χ1v) is 7.24. The van der Waals surface area contributed by atoms with Crippen LogP contribution in [0.15, 0.2) is 28.9 Å². The molecule has 104 valence electrons. The highest BCUT2D eigenvalue weighted by Crippen LogP contribution is 2.33. The Morgan fingerprint density at radius 2 is 1.95 bits per heavy atom. The molecule has 6 heteroatoms. The molecule has 0 radical (unpaired) electrons. The molecule has 0 bridgehead atoms. The van der Waals surface area contributed by atoms with E-state index in [4.69, 9.17) is 9.47 Å². The molecular formula is C14H14BrN3O2. The summed E-state index contributed by atoms with van der Waals surface area (Å²) in [6.45, 7) is 3.20. The molecular weight excluding hydrogens is 322 g/mol. The minimum atomic E-state index is 0.579. The van der Waals surface area contributed by atoms with Gasteiger partial charge in [0.2, 0.25) is 0 Å². The van der Waals surface area contributed by atoms with Gasteiger partial charge in [0.15, 0.2) is 11.5 Å². The van der Waals surface area contributed by atoms with E-state index in [1.165, 1.54) is 0 Å². The number of benzene rings is 1. The van der Waals surface area contributed by atoms with E-state index in [1.807, 2.05) is 31.2 Å². The minimum absolute atomic E-state index is 0.579. The Bertz CT molecular complexity index is 634. The van der Waals surface area contributed by atoms with Crippen LogP contribution in [-0.2, 0) is 6.42 Å². The maximum Gasteiger partial charge on any atom is 0.163 e. The van der Waals surface area contributed by atoms with Gasteiger partial charge in [0.05, 0.1) is 0 Å². The standard InChI is InChI=1S/C14H14BrN3O2/c1-2-13-17-12(15)8-14(18-13)16-9-3-4-10-11(7-9)20-6-5-19-10/h3-4,7-8H,2,5-6H2,1H3,(H,16,17,18). The lowest BCUT2D eigenvalue weighted by Gasteiger charge is -2.19. The Morgan fingerprint density at radius 3 is 2.75 bits per heavy atom. The number of nitrogens with zero attached hydrogens (tertiary/aromatic N) is 2. The van der Waals surface area contributed by atoms with Gasteiger partial charge in [-0.1, -0.05) is 6.92 Å². The van der Waals surface area contributed by atoms with Crippen LogP contribution in [0.2, 0.25) is 0 Å². The number of hydrogen-bond donors (Lipinski definition) is 1. The van der Waals surface area contributed by atoms with E-state index in [-0.39, 0.29) is 0 Å². The number of fused-ring (bicyclic) bond motifs is 1. The summed E-state index contributed by atoms with van der Waals surface area (Å²) in [6, 6.07) is 7.59. The second kappa shape index (κ2) is 5.66. The Hall–Kier alpha value is -1.82. The first kappa shape index (κ1) is 13.2. The van der Waals surface area contributed by atoms with Crippen molar-refractivity contribution >= 4 is 27.4 Å². The van der Waals surface area contributed by atoms with Gasteiger partial charge in [-0.15, -0.1) is 0 Å². The van der Waals surface area contributed by atoms with E-state index >= 15 is 0 Å². The first-order valence-electron chi connectivity index (χ1n) is 6.45. The molecule has 0 unspecified atom stereocenters. The van der Waals surface area contributed by atoms with Crippen molar-refractivity contribution in [2.75, 3.05) is 18.5 Å². The van der Waals surface area contributed by atoms with E-state index in [1.54, 1.807) is 0 Å². The summed E-state index contributed by atoms with van der Waals surface area (Å²) in [4.78, 5) is 8.72. The SMILES string of the molecule is CCc1nc(Br)cc(Nc2ccc3c(c2)OCCO3)n1. The molecule has 3 rings (SSSR count). The Balaban J connectivity index is 1.85. The van der Waals surface area contributed by atoms with E-state index in [2.05, 4.69) is 31.2 Å². The largest absolute Gasteiger partial charge is 0.486 e. The molecule has 5 nitrogen and oxygen atoms in total. The van der Waals surface area contributed by atoms with Gasteiger partial charge in [0.25, 0.3) is 0 Å². The zero-order valence-electron chi connectivity index (χ0n) is 11.0. The molecule has 0 amide bonds. The van der Waals surface area contributed by atoms with Crippen LogP contribution in [0, 0.1) is 0 Å². The summed E-state index contributed by atoms with van der Waals surface area (Å²) < 4.78 is 11.8. The lowest BCUT2D eigenvalue weighted by Crippen LogP contribution is -2.15. The normalized spacial score (nSPS) is 13.1. The number of anilines is 2. The summed E-state index contributed by atoms with van der Waals surface area (Å²) >= 11 is 3.39. The lowest BCUT2D eigenvalue weighted by molar-refractivity contribution is 0.171. The van der Waals surface area contributed by atoms with Crippen LogP contribution < -0.4 is 14.8 Å². The molecule has 0 aliphatic carbocycles. The van der Waals surface area contributed by atoms with Crippen molar-refractivity contribution in [1.29, 1.82) is 0 Å². The molecule has 0 atom stereocenters. The van der Waals surface area contributed by atoms with Crippen molar-refractivity contribution in [1.82, 2.24) is 9.97 Å². The molecule has 1 aromatic heterocycles. The molecule has 0 saturated heterocycles. The smallest absolute Gasteiger partial charge is 0.163 e. The minimum Gasteiger partial charge on any atom is -0.486 e. The van der Waals surface area contributed by atoms with E-state index < -0.39 is 0 Å². The Morgan fingerprint density at radius 1 is 1.15 bits per heavy atom. The third-order valence-electron chi connectivity index (χ3n) is 2.87. The molecule has 1 aliphatic heterocycles. The van der Waals surface area contributed by atoms with Crippen molar-refractivity contribution in [3.05, 3.63) is 34.7 Å². The third-order valence-corrected chi connectivity index (χ3v) is 3.28. The molecule has 0 saturated carbocycles. The van der Waals surface area contributed by atoms with Gasteiger partial charge in [-0.05, 0) is 28.1 Å². The summed E-state index contributed by atoms with van der Waals surface area (Å²) in [5.41, 5.74) is 0.905. The fourth-order valence-electron chi connectivity index (χ4n) is 1.96. The van der Waals surface area contributed by atoms with Gasteiger partial charge in [-0.25, -0.2) is 9.97 Å². The average Bonchev–Trinajstić information content (AvgIpc) is 2.46. The zero-order valence-corrected chi connectivity index (χ0v) is 12.6. The average molecular weight is 336 g/mol. The van der Waals surface area contributed by atoms with Gasteiger partial charge >= 0.3 is 0 Å². The van der Waals surface area contributed by atoms with Gasteiger partial charge in [-0.2, -0.15) is 0 Å². The highest BCUT2D eigenvalue weighted by molar-refractivity contribution is 9.10. The molecule has 0 fully saturated rings. The van der Waals surface area contributed by atoms with Crippen molar-refractivity contribution in [2.24, 2.45) is 0 Å². The molecule has 0 spiro atoms. The lowest BCUT2D eigenvalue weighted by atomic mass is 10.2. The van der Waals surface area contributed by atoms with Crippen LogP contribution in [0.3, 0.4) is 0 Å². The second-order valence-electron chi connectivity index (χ2n) is 4.33. The van der Waals surface area contributed by atoms with Crippen LogP contribution in [0.1, 0.15) is 12.7 Å². The Labute approximate surface area is 125 Å². The molecule has 20 heavy (non-hydrogen) atoms. The number of hydrogen-bond acceptors (Lipinski definition) is 5. The predicted octanol–water partition coefficient (Wildman–Crippen LogP) is 3.32. The molecule has 1 aliphatic rings. The van der Waals surface area contributed by atoms with Crippen LogP contribution in [0.4, 0.5) is 11.5 Å². The predicted molar refractivity (Wildman–Crippen MR) is 79.8 cm³/mol. The number of aryl methyl sites for hydroxylation is 1. The number of aromatic nitrogens is 2. The fraction of sp³-hybridized carbons (Fsp3) is 0.286. The van der Waals surface area contributed by atoms with E-state index in [0.717, 1.165) is 39.9 Å². The number of ether oxygens (including phenoxy) is 2. The van der Waals surface area contributed by atoms with Crippen molar-refractivity contribution in [3.8, 4) is 11.5 Å². The van der Waals surface area contributed by atoms with Gasteiger partial charge in [0.1, 0.15) is 29.5 Å². The van der Waals surface area contributed by atoms with Gasteiger partial charge in [0, 0.05) is 24.2 Å². The summed E-state index contributed by atoms with van der Waals surface area (Å²) in [6.07, 6.45) is 0.787. The molecule has 1 aromatic carbocycles. The molecule has 2 heterocycles. The van der Waals surface area contributed by atoms with Crippen LogP contribution >= 0.6 is 15.9 Å². The summed E-state index contributed by atoms with van der Waals surface area (Å²) in [7, 11) is 0. The van der Waals surface area contributed by atoms with Crippen molar-refractivity contribution < 1.29 is 9.47 Å². The topological polar surface area (TPSA) is 56.3 Å². The first-order chi connectivity index (χ1) is 9.74. The van der Waals surface area contributed by atoms with Gasteiger partial charge < -0.3 is 14.8 Å². The summed E-state index contributed by atoms with van der Waals surface area (Å²) in [5, 5.41) is 3.25. The monoisotopic (exact) mass is 335 g/mol. The van der Waals surface area contributed by atoms with E-state index in [0.29, 0.717) is 13.2 Å². The quantitative estimate of drug-likeness (QED) is 0.872. The number of halogens is 1. The maximum absolute atomic E-state index is 5.56. The third kappa shape index (κ3) is 2.85. The molecule has 2 aromatic rings. The van der Waals surface area contributed by atoms with Crippen LogP contribution in [-0.4, -0.2) is 23.2 Å². The number of nitrogens with one attached hydrogen (secondary N) is 1. The van der Waals surface area contributed by atoms with Crippen molar-refractivity contribution in [2.45, 2.75) is 13.3 Å². The highest BCUT2D eigenvalue weighted by Gasteiger charge is 2.12. The fourth-order valence-corrected chi connectivity index (χ4v) is 2.38. The zero-order chi connectivity index (χ0) is 13.9. The van der Waals surface area contributed by atoms with Gasteiger partial charge in [-0.3, -0.25) is 0 Å².